The molecule has 1 aliphatic rings. The zero-order valence-corrected chi connectivity index (χ0v) is 7.34. The number of nitrogens with zero attached hydrogens (tertiary/aromatic N) is 1. The van der Waals surface area contributed by atoms with Crippen LogP contribution in [0.5, 0.6) is 0 Å². The molecule has 4 nitrogen and oxygen atoms in total. The Morgan fingerprint density at radius 1 is 1.71 bits per heavy atom. The van der Waals surface area contributed by atoms with Crippen LogP contribution >= 0.6 is 0 Å². The van der Waals surface area contributed by atoms with Crippen LogP contribution in [0, 0.1) is 17.2 Å². The Bertz CT molecular complexity index is 371. The molecule has 0 fully saturated rings. The van der Waals surface area contributed by atoms with E-state index in [1.165, 1.54) is 12.2 Å². The van der Waals surface area contributed by atoms with Crippen molar-refractivity contribution in [2.45, 2.75) is 6.42 Å². The van der Waals surface area contributed by atoms with E-state index in [0.717, 1.165) is 0 Å². The van der Waals surface area contributed by atoms with Crippen molar-refractivity contribution in [1.29, 1.82) is 5.26 Å². The molecule has 0 spiro atoms. The van der Waals surface area contributed by atoms with E-state index in [1.54, 1.807) is 18.2 Å². The van der Waals surface area contributed by atoms with E-state index in [0.29, 0.717) is 6.42 Å². The third-order valence-corrected chi connectivity index (χ3v) is 1.84. The van der Waals surface area contributed by atoms with E-state index in [9.17, 15) is 4.79 Å². The van der Waals surface area contributed by atoms with Crippen LogP contribution in [0.25, 0.3) is 0 Å². The number of carboxylic acid groups (broad SMARTS) is 1. The summed E-state index contributed by atoms with van der Waals surface area (Å²) < 4.78 is 0. The molecule has 2 N–H and O–H groups in total. The summed E-state index contributed by atoms with van der Waals surface area (Å²) in [4.78, 5) is 10.5. The fraction of sp³-hybridized carbons (Fsp3) is 0.200. The molecular formula is C10H9NO3. The van der Waals surface area contributed by atoms with Gasteiger partial charge in [0, 0.05) is 5.92 Å². The van der Waals surface area contributed by atoms with E-state index in [2.05, 4.69) is 0 Å². The van der Waals surface area contributed by atoms with Gasteiger partial charge in [-0.3, -0.25) is 0 Å². The molecule has 1 atom stereocenters. The lowest BCUT2D eigenvalue weighted by atomic mass is 9.97. The molecule has 0 heterocycles. The van der Waals surface area contributed by atoms with Crippen LogP contribution in [0.3, 0.4) is 0 Å². The van der Waals surface area contributed by atoms with Crippen molar-refractivity contribution >= 4 is 5.97 Å². The Balaban J connectivity index is 2.75. The molecule has 0 amide bonds. The average Bonchev–Trinajstić information content (AvgIpc) is 2.16. The summed E-state index contributed by atoms with van der Waals surface area (Å²) in [7, 11) is 0. The maximum absolute atomic E-state index is 10.5. The normalized spacial score (nSPS) is 21.2. The molecule has 0 radical (unpaired) electrons. The Labute approximate surface area is 81.1 Å². The van der Waals surface area contributed by atoms with Crippen LogP contribution in [0.4, 0.5) is 0 Å². The molecule has 4 heteroatoms. The highest BCUT2D eigenvalue weighted by molar-refractivity contribution is 5.91. The molecule has 0 bridgehead atoms. The lowest BCUT2D eigenvalue weighted by molar-refractivity contribution is -0.132. The van der Waals surface area contributed by atoms with Crippen molar-refractivity contribution in [3.8, 4) is 6.07 Å². The van der Waals surface area contributed by atoms with Crippen LogP contribution in [0.15, 0.2) is 35.6 Å². The Morgan fingerprint density at radius 3 is 2.86 bits per heavy atom. The minimum Gasteiger partial charge on any atom is -0.508 e. The molecule has 0 aromatic heterocycles. The second-order valence-electron chi connectivity index (χ2n) is 2.88. The predicted octanol–water partition coefficient (Wildman–Crippen LogP) is 1.54. The van der Waals surface area contributed by atoms with Crippen LogP contribution < -0.4 is 0 Å². The second kappa shape index (κ2) is 4.28. The van der Waals surface area contributed by atoms with E-state index in [-0.39, 0.29) is 17.3 Å². The molecule has 1 aliphatic carbocycles. The lowest BCUT2D eigenvalue weighted by Gasteiger charge is -2.08. The summed E-state index contributed by atoms with van der Waals surface area (Å²) >= 11 is 0. The number of allylic oxidation sites excluding steroid dienone is 4. The molecule has 0 aliphatic heterocycles. The Hall–Kier alpha value is -2.02. The number of aliphatic hydroxyl groups is 1. The first kappa shape index (κ1) is 10.1. The largest absolute Gasteiger partial charge is 0.508 e. The number of nitriles is 1. The standard InChI is InChI=1S/C10H9NO3/c11-6-8(10(13)14)5-7-1-3-9(12)4-2-7/h1,3-5,7,12H,2H2,(H,13,14)/b8-5+. The summed E-state index contributed by atoms with van der Waals surface area (Å²) in [5.41, 5.74) is -0.269. The molecule has 0 saturated carbocycles. The highest BCUT2D eigenvalue weighted by Gasteiger charge is 2.11. The minimum absolute atomic E-state index is 0.128. The van der Waals surface area contributed by atoms with Crippen molar-refractivity contribution in [3.05, 3.63) is 35.6 Å². The first-order valence-corrected chi connectivity index (χ1v) is 4.06. The fourth-order valence-electron chi connectivity index (χ4n) is 1.12. The second-order valence-corrected chi connectivity index (χ2v) is 2.88. The number of aliphatic carboxylic acids is 1. The molecule has 0 aromatic rings. The Kier molecular flexibility index (Phi) is 3.08. The third-order valence-electron chi connectivity index (χ3n) is 1.84. The van der Waals surface area contributed by atoms with Gasteiger partial charge in [-0.1, -0.05) is 12.2 Å². The summed E-state index contributed by atoms with van der Waals surface area (Å²) in [6.45, 7) is 0. The number of rotatable bonds is 2. The van der Waals surface area contributed by atoms with Gasteiger partial charge in [-0.05, 0) is 18.6 Å². The van der Waals surface area contributed by atoms with Gasteiger partial charge in [0.2, 0.25) is 0 Å². The predicted molar refractivity (Wildman–Crippen MR) is 49.3 cm³/mol. The van der Waals surface area contributed by atoms with Gasteiger partial charge in [0.05, 0.1) is 0 Å². The van der Waals surface area contributed by atoms with E-state index in [1.807, 2.05) is 0 Å². The Morgan fingerprint density at radius 2 is 2.43 bits per heavy atom. The number of aliphatic hydroxyl groups excluding tert-OH is 1. The van der Waals surface area contributed by atoms with Gasteiger partial charge in [-0.25, -0.2) is 4.79 Å². The van der Waals surface area contributed by atoms with E-state index in [4.69, 9.17) is 15.5 Å². The summed E-state index contributed by atoms with van der Waals surface area (Å²) in [6, 6.07) is 1.60. The maximum Gasteiger partial charge on any atom is 0.346 e. The molecule has 72 valence electrons. The van der Waals surface area contributed by atoms with Gasteiger partial charge in [-0.15, -0.1) is 0 Å². The van der Waals surface area contributed by atoms with Crippen molar-refractivity contribution in [1.82, 2.24) is 0 Å². The topological polar surface area (TPSA) is 81.3 Å². The van der Waals surface area contributed by atoms with Crippen molar-refractivity contribution in [2.75, 3.05) is 0 Å². The van der Waals surface area contributed by atoms with Crippen LogP contribution in [-0.2, 0) is 4.79 Å². The molecule has 0 saturated heterocycles. The molecule has 0 aromatic carbocycles. The minimum atomic E-state index is -1.22. The van der Waals surface area contributed by atoms with E-state index >= 15 is 0 Å². The van der Waals surface area contributed by atoms with Crippen LogP contribution in [0.1, 0.15) is 6.42 Å². The quantitative estimate of drug-likeness (QED) is 0.512. The van der Waals surface area contributed by atoms with Crippen molar-refractivity contribution < 1.29 is 15.0 Å². The first-order chi connectivity index (χ1) is 6.63. The van der Waals surface area contributed by atoms with Gasteiger partial charge < -0.3 is 10.2 Å². The number of hydrogen-bond donors (Lipinski definition) is 2. The van der Waals surface area contributed by atoms with E-state index < -0.39 is 5.97 Å². The number of carboxylic acids is 1. The first-order valence-electron chi connectivity index (χ1n) is 4.06. The van der Waals surface area contributed by atoms with Gasteiger partial charge in [0.15, 0.2) is 0 Å². The van der Waals surface area contributed by atoms with Gasteiger partial charge in [0.25, 0.3) is 0 Å². The molecule has 14 heavy (non-hydrogen) atoms. The zero-order chi connectivity index (χ0) is 10.6. The van der Waals surface area contributed by atoms with Crippen molar-refractivity contribution in [2.24, 2.45) is 5.92 Å². The van der Waals surface area contributed by atoms with Gasteiger partial charge in [-0.2, -0.15) is 5.26 Å². The van der Waals surface area contributed by atoms with Gasteiger partial charge >= 0.3 is 5.97 Å². The highest BCUT2D eigenvalue weighted by atomic mass is 16.4. The van der Waals surface area contributed by atoms with Crippen LogP contribution in [-0.4, -0.2) is 16.2 Å². The fourth-order valence-corrected chi connectivity index (χ4v) is 1.12. The monoisotopic (exact) mass is 191 g/mol. The maximum atomic E-state index is 10.5. The van der Waals surface area contributed by atoms with Gasteiger partial charge in [0.1, 0.15) is 17.4 Å². The summed E-state index contributed by atoms with van der Waals surface area (Å²) in [5.74, 6) is -1.18. The SMILES string of the molecule is N#C/C(=C\C1C=CC(O)=CC1)C(=O)O. The third kappa shape index (κ3) is 2.49. The summed E-state index contributed by atoms with van der Waals surface area (Å²) in [6.07, 6.45) is 6.62. The summed E-state index contributed by atoms with van der Waals surface area (Å²) in [5, 5.41) is 26.1. The lowest BCUT2D eigenvalue weighted by Crippen LogP contribution is -2.03. The average molecular weight is 191 g/mol. The molecule has 1 rings (SSSR count). The number of carbonyl (C=O) groups is 1. The van der Waals surface area contributed by atoms with Crippen molar-refractivity contribution in [3.63, 3.8) is 0 Å². The zero-order valence-electron chi connectivity index (χ0n) is 7.34. The highest BCUT2D eigenvalue weighted by Crippen LogP contribution is 2.17. The van der Waals surface area contributed by atoms with Crippen LogP contribution in [0.2, 0.25) is 0 Å². The molecular weight excluding hydrogens is 182 g/mol. The number of hydrogen-bond acceptors (Lipinski definition) is 3. The molecule has 1 unspecified atom stereocenters. The smallest absolute Gasteiger partial charge is 0.346 e.